The van der Waals surface area contributed by atoms with Crippen LogP contribution in [0.4, 0.5) is 4.39 Å². The molecule has 6 nitrogen and oxygen atoms in total. The summed E-state index contributed by atoms with van der Waals surface area (Å²) in [7, 11) is 3.48. The molecule has 31 heavy (non-hydrogen) atoms. The van der Waals surface area contributed by atoms with Gasteiger partial charge >= 0.3 is 0 Å². The number of amides is 1. The fourth-order valence-electron chi connectivity index (χ4n) is 3.20. The van der Waals surface area contributed by atoms with Gasteiger partial charge in [0.05, 0.1) is 6.54 Å². The van der Waals surface area contributed by atoms with Crippen LogP contribution in [0.25, 0.3) is 10.9 Å². The van der Waals surface area contributed by atoms with Gasteiger partial charge in [0.2, 0.25) is 0 Å². The Morgan fingerprint density at radius 3 is 2.55 bits per heavy atom. The molecule has 3 rings (SSSR count). The van der Waals surface area contributed by atoms with Gasteiger partial charge in [0.25, 0.3) is 5.91 Å². The molecule has 8 heteroatoms. The zero-order chi connectivity index (χ0) is 21.5. The normalized spacial score (nSPS) is 11.2. The summed E-state index contributed by atoms with van der Waals surface area (Å²) in [6.45, 7) is 3.94. The molecule has 3 aromatic rings. The summed E-state index contributed by atoms with van der Waals surface area (Å²) in [6, 6.07) is 12.3. The molecule has 0 atom stereocenters. The van der Waals surface area contributed by atoms with E-state index in [-0.39, 0.29) is 35.7 Å². The topological polar surface area (TPSA) is 72.5 Å². The average molecular weight is 537 g/mol. The first kappa shape index (κ1) is 24.6. The van der Waals surface area contributed by atoms with E-state index in [0.29, 0.717) is 18.7 Å². The Bertz CT molecular complexity index is 1030. The number of halogens is 2. The molecule has 1 heterocycles. The van der Waals surface area contributed by atoms with Crippen LogP contribution < -0.4 is 10.6 Å². The highest BCUT2D eigenvalue weighted by atomic mass is 127. The van der Waals surface area contributed by atoms with Crippen LogP contribution in [-0.4, -0.2) is 48.9 Å². The number of hydrogen-bond acceptors (Lipinski definition) is 2. The Morgan fingerprint density at radius 2 is 1.87 bits per heavy atom. The van der Waals surface area contributed by atoms with E-state index in [1.807, 2.05) is 37.4 Å². The summed E-state index contributed by atoms with van der Waals surface area (Å²) in [5.41, 5.74) is 3.68. The number of nitrogens with zero attached hydrogens (tertiary/aromatic N) is 2. The number of fused-ring (bicyclic) bond motifs is 1. The predicted molar refractivity (Wildman–Crippen MR) is 135 cm³/mol. The number of nitrogens with one attached hydrogen (secondary N) is 3. The van der Waals surface area contributed by atoms with Crippen LogP contribution >= 0.6 is 24.0 Å². The van der Waals surface area contributed by atoms with Crippen LogP contribution in [0.3, 0.4) is 0 Å². The molecule has 2 aromatic carbocycles. The first-order valence-electron chi connectivity index (χ1n) is 10.1. The molecule has 1 amide bonds. The molecule has 0 fully saturated rings. The van der Waals surface area contributed by atoms with Crippen molar-refractivity contribution in [3.63, 3.8) is 0 Å². The Morgan fingerprint density at radius 1 is 1.13 bits per heavy atom. The second kappa shape index (κ2) is 11.7. The molecular weight excluding hydrogens is 508 g/mol. The number of rotatable bonds is 7. The number of aromatic nitrogens is 1. The smallest absolute Gasteiger partial charge is 0.253 e. The van der Waals surface area contributed by atoms with Gasteiger partial charge in [-0.1, -0.05) is 12.1 Å². The number of H-pyrrole nitrogens is 1. The third kappa shape index (κ3) is 6.68. The fourth-order valence-corrected chi connectivity index (χ4v) is 3.20. The zero-order valence-corrected chi connectivity index (χ0v) is 20.4. The largest absolute Gasteiger partial charge is 0.361 e. The Labute approximate surface area is 199 Å². The highest BCUT2D eigenvalue weighted by molar-refractivity contribution is 14.0. The van der Waals surface area contributed by atoms with Gasteiger partial charge in [-0.05, 0) is 54.8 Å². The molecule has 0 aliphatic rings. The first-order valence-corrected chi connectivity index (χ1v) is 10.1. The molecule has 0 bridgehead atoms. The zero-order valence-electron chi connectivity index (χ0n) is 18.0. The minimum Gasteiger partial charge on any atom is -0.361 e. The number of hydrogen-bond donors (Lipinski definition) is 3. The van der Waals surface area contributed by atoms with Gasteiger partial charge in [-0.15, -0.1) is 24.0 Å². The number of aromatic amines is 1. The van der Waals surface area contributed by atoms with E-state index in [1.165, 1.54) is 6.07 Å². The summed E-state index contributed by atoms with van der Waals surface area (Å²) in [4.78, 5) is 21.3. The average Bonchev–Trinajstić information content (AvgIpc) is 3.14. The summed E-state index contributed by atoms with van der Waals surface area (Å²) < 4.78 is 13.5. The van der Waals surface area contributed by atoms with Crippen molar-refractivity contribution in [3.8, 4) is 0 Å². The molecule has 0 unspecified atom stereocenters. The minimum atomic E-state index is -0.232. The van der Waals surface area contributed by atoms with Gasteiger partial charge in [-0.25, -0.2) is 9.38 Å². The van der Waals surface area contributed by atoms with Gasteiger partial charge < -0.3 is 20.5 Å². The molecule has 0 aliphatic heterocycles. The standard InChI is InChI=1S/C23H28FN5O.HI/c1-4-25-23(28-14-16-5-7-17(8-6-16)22(30)29(2)3)26-12-11-18-15-27-21-10-9-19(24)13-20(18)21;/h5-10,13,15,27H,4,11-12,14H2,1-3H3,(H2,25,26,28);1H. The maximum absolute atomic E-state index is 13.5. The summed E-state index contributed by atoms with van der Waals surface area (Å²) >= 11 is 0. The molecular formula is C23H29FIN5O. The van der Waals surface area contributed by atoms with E-state index in [0.717, 1.165) is 41.0 Å². The van der Waals surface area contributed by atoms with Crippen LogP contribution in [0.1, 0.15) is 28.4 Å². The van der Waals surface area contributed by atoms with E-state index in [2.05, 4.69) is 20.6 Å². The van der Waals surface area contributed by atoms with Crippen molar-refractivity contribution in [2.24, 2.45) is 4.99 Å². The molecule has 0 spiro atoms. The summed E-state index contributed by atoms with van der Waals surface area (Å²) in [6.07, 6.45) is 2.67. The van der Waals surface area contributed by atoms with Gasteiger partial charge in [0, 0.05) is 49.8 Å². The van der Waals surface area contributed by atoms with Crippen molar-refractivity contribution in [3.05, 3.63) is 71.2 Å². The van der Waals surface area contributed by atoms with Crippen LogP contribution in [0.15, 0.2) is 53.7 Å². The lowest BCUT2D eigenvalue weighted by molar-refractivity contribution is 0.0827. The van der Waals surface area contributed by atoms with E-state index < -0.39 is 0 Å². The summed E-state index contributed by atoms with van der Waals surface area (Å²) in [5, 5.41) is 7.47. The van der Waals surface area contributed by atoms with Crippen molar-refractivity contribution in [1.29, 1.82) is 0 Å². The van der Waals surface area contributed by atoms with E-state index in [1.54, 1.807) is 31.1 Å². The van der Waals surface area contributed by atoms with Crippen molar-refractivity contribution in [2.75, 3.05) is 27.2 Å². The van der Waals surface area contributed by atoms with E-state index >= 15 is 0 Å². The maximum Gasteiger partial charge on any atom is 0.253 e. The Balaban J connectivity index is 0.00000341. The highest BCUT2D eigenvalue weighted by Gasteiger charge is 2.08. The van der Waals surface area contributed by atoms with Crippen molar-refractivity contribution in [1.82, 2.24) is 20.5 Å². The molecule has 0 aliphatic carbocycles. The Hall–Kier alpha value is -2.62. The lowest BCUT2D eigenvalue weighted by atomic mass is 10.1. The van der Waals surface area contributed by atoms with Crippen molar-refractivity contribution in [2.45, 2.75) is 19.9 Å². The molecule has 166 valence electrons. The number of aliphatic imine (C=N–C) groups is 1. The fraction of sp³-hybridized carbons (Fsp3) is 0.304. The van der Waals surface area contributed by atoms with Gasteiger partial charge in [-0.3, -0.25) is 4.79 Å². The first-order chi connectivity index (χ1) is 14.5. The number of carbonyl (C=O) groups is 1. The van der Waals surface area contributed by atoms with Crippen LogP contribution in [0.2, 0.25) is 0 Å². The SMILES string of the molecule is CCNC(=NCc1ccc(C(=O)N(C)C)cc1)NCCc1c[nH]c2ccc(F)cc12.I. The second-order valence-electron chi connectivity index (χ2n) is 7.27. The molecule has 0 saturated carbocycles. The van der Waals surface area contributed by atoms with Crippen LogP contribution in [-0.2, 0) is 13.0 Å². The predicted octanol–water partition coefficient (Wildman–Crippen LogP) is 3.92. The van der Waals surface area contributed by atoms with Gasteiger partial charge in [-0.2, -0.15) is 0 Å². The highest BCUT2D eigenvalue weighted by Crippen LogP contribution is 2.19. The molecule has 1 aromatic heterocycles. The minimum absolute atomic E-state index is 0. The van der Waals surface area contributed by atoms with Gasteiger partial charge in [0.1, 0.15) is 5.82 Å². The third-order valence-corrected chi connectivity index (χ3v) is 4.79. The number of guanidine groups is 1. The maximum atomic E-state index is 13.5. The van der Waals surface area contributed by atoms with E-state index in [9.17, 15) is 9.18 Å². The van der Waals surface area contributed by atoms with Crippen molar-refractivity contribution >= 4 is 46.7 Å². The van der Waals surface area contributed by atoms with Crippen LogP contribution in [0.5, 0.6) is 0 Å². The molecule has 0 saturated heterocycles. The van der Waals surface area contributed by atoms with E-state index in [4.69, 9.17) is 0 Å². The third-order valence-electron chi connectivity index (χ3n) is 4.79. The van der Waals surface area contributed by atoms with Crippen LogP contribution in [0, 0.1) is 5.82 Å². The monoisotopic (exact) mass is 537 g/mol. The lowest BCUT2D eigenvalue weighted by Gasteiger charge is -2.12. The second-order valence-corrected chi connectivity index (χ2v) is 7.27. The van der Waals surface area contributed by atoms with Crippen molar-refractivity contribution < 1.29 is 9.18 Å². The quantitative estimate of drug-likeness (QED) is 0.243. The summed E-state index contributed by atoms with van der Waals surface area (Å²) in [5.74, 6) is 0.471. The lowest BCUT2D eigenvalue weighted by Crippen LogP contribution is -2.38. The number of benzene rings is 2. The van der Waals surface area contributed by atoms with Gasteiger partial charge in [0.15, 0.2) is 5.96 Å². The Kier molecular flexibility index (Phi) is 9.29. The molecule has 0 radical (unpaired) electrons. The number of carbonyl (C=O) groups excluding carboxylic acids is 1. The molecule has 3 N–H and O–H groups in total.